The summed E-state index contributed by atoms with van der Waals surface area (Å²) in [5, 5.41) is 6.04. The molecule has 8 nitrogen and oxygen atoms in total. The third-order valence-corrected chi connectivity index (χ3v) is 5.13. The number of hydrogen-bond donors (Lipinski definition) is 2. The summed E-state index contributed by atoms with van der Waals surface area (Å²) < 4.78 is 1.84. The predicted molar refractivity (Wildman–Crippen MR) is 121 cm³/mol. The smallest absolute Gasteiger partial charge is 0.338 e. The molecular formula is C21H28ClN7O. The third kappa shape index (κ3) is 4.48. The lowest BCUT2D eigenvalue weighted by molar-refractivity contribution is 0.255. The van der Waals surface area contributed by atoms with Crippen LogP contribution < -0.4 is 16.2 Å². The lowest BCUT2D eigenvalue weighted by Gasteiger charge is -2.23. The molecule has 0 radical (unpaired) electrons. The molecule has 0 aliphatic heterocycles. The number of anilines is 2. The highest BCUT2D eigenvalue weighted by molar-refractivity contribution is 6.29. The van der Waals surface area contributed by atoms with Gasteiger partial charge in [-0.3, -0.25) is 10.1 Å². The van der Waals surface area contributed by atoms with Crippen LogP contribution in [0.4, 0.5) is 16.3 Å². The van der Waals surface area contributed by atoms with Crippen molar-refractivity contribution in [2.24, 2.45) is 12.8 Å². The fourth-order valence-corrected chi connectivity index (χ4v) is 3.70. The molecule has 160 valence electrons. The zero-order valence-corrected chi connectivity index (χ0v) is 18.8. The minimum absolute atomic E-state index is 0.240. The number of aryl methyl sites for hydroxylation is 3. The van der Waals surface area contributed by atoms with Gasteiger partial charge in [0.1, 0.15) is 16.5 Å². The van der Waals surface area contributed by atoms with Crippen molar-refractivity contribution in [2.45, 2.75) is 52.9 Å². The number of nitrogens with two attached hydrogens (primary N) is 1. The van der Waals surface area contributed by atoms with Gasteiger partial charge >= 0.3 is 6.03 Å². The van der Waals surface area contributed by atoms with Crippen LogP contribution in [-0.4, -0.2) is 25.8 Å². The topological polar surface area (TPSA) is 102 Å². The summed E-state index contributed by atoms with van der Waals surface area (Å²) in [7, 11) is 1.91. The van der Waals surface area contributed by atoms with Crippen molar-refractivity contribution >= 4 is 40.2 Å². The van der Waals surface area contributed by atoms with Crippen LogP contribution in [0.1, 0.15) is 56.5 Å². The molecule has 0 aliphatic carbocycles. The van der Waals surface area contributed by atoms with E-state index in [0.717, 1.165) is 47.2 Å². The van der Waals surface area contributed by atoms with Crippen molar-refractivity contribution in [3.05, 3.63) is 40.3 Å². The van der Waals surface area contributed by atoms with E-state index in [9.17, 15) is 4.79 Å². The van der Waals surface area contributed by atoms with Crippen LogP contribution in [0.3, 0.4) is 0 Å². The Morgan fingerprint density at radius 2 is 2.03 bits per heavy atom. The van der Waals surface area contributed by atoms with Crippen LogP contribution in [-0.2, 0) is 13.5 Å². The fourth-order valence-electron chi connectivity index (χ4n) is 3.48. The Bertz CT molecular complexity index is 1080. The SMILES string of the molecule is CCCCc1cc(N(Nc2cc(C(C)C)c3c(n2)c(C)nn3C)C(N)=O)cc(Cl)n1. The maximum atomic E-state index is 12.3. The molecule has 2 amide bonds. The van der Waals surface area contributed by atoms with Crippen LogP contribution in [0, 0.1) is 6.92 Å². The Labute approximate surface area is 181 Å². The summed E-state index contributed by atoms with van der Waals surface area (Å²) in [6, 6.07) is 4.67. The maximum Gasteiger partial charge on any atom is 0.338 e. The first kappa shape index (κ1) is 21.8. The second kappa shape index (κ2) is 8.87. The molecule has 3 heterocycles. The number of fused-ring (bicyclic) bond motifs is 1. The first-order chi connectivity index (χ1) is 14.2. The molecule has 0 bridgehead atoms. The Morgan fingerprint density at radius 1 is 1.30 bits per heavy atom. The number of aromatic nitrogens is 4. The number of primary amides is 1. The van der Waals surface area contributed by atoms with Gasteiger partial charge in [0, 0.05) is 18.8 Å². The van der Waals surface area contributed by atoms with E-state index in [1.807, 2.05) is 30.8 Å². The van der Waals surface area contributed by atoms with Crippen molar-refractivity contribution in [3.63, 3.8) is 0 Å². The summed E-state index contributed by atoms with van der Waals surface area (Å²) in [6.45, 7) is 8.24. The Morgan fingerprint density at radius 3 is 2.67 bits per heavy atom. The number of nitrogens with zero attached hydrogens (tertiary/aromatic N) is 5. The van der Waals surface area contributed by atoms with Gasteiger partial charge in [-0.15, -0.1) is 0 Å². The van der Waals surface area contributed by atoms with Crippen LogP contribution in [0.15, 0.2) is 18.2 Å². The Hall–Kier alpha value is -2.87. The largest absolute Gasteiger partial charge is 0.350 e. The molecule has 3 rings (SSSR count). The highest BCUT2D eigenvalue weighted by Gasteiger charge is 2.19. The second-order valence-corrected chi connectivity index (χ2v) is 8.07. The van der Waals surface area contributed by atoms with E-state index in [-0.39, 0.29) is 5.92 Å². The van der Waals surface area contributed by atoms with E-state index in [1.54, 1.807) is 6.07 Å². The highest BCUT2D eigenvalue weighted by Crippen LogP contribution is 2.29. The number of rotatable bonds is 7. The quantitative estimate of drug-likeness (QED) is 0.418. The first-order valence-corrected chi connectivity index (χ1v) is 10.5. The van der Waals surface area contributed by atoms with Crippen LogP contribution >= 0.6 is 11.6 Å². The number of unbranched alkanes of at least 4 members (excludes halogenated alkanes) is 1. The van der Waals surface area contributed by atoms with Crippen molar-refractivity contribution in [3.8, 4) is 0 Å². The number of hydrogen-bond acceptors (Lipinski definition) is 5. The van der Waals surface area contributed by atoms with E-state index >= 15 is 0 Å². The van der Waals surface area contributed by atoms with Gasteiger partial charge in [0.15, 0.2) is 0 Å². The lowest BCUT2D eigenvalue weighted by atomic mass is 10.0. The minimum Gasteiger partial charge on any atom is -0.350 e. The van der Waals surface area contributed by atoms with Crippen LogP contribution in [0.5, 0.6) is 0 Å². The Kier molecular flexibility index (Phi) is 6.45. The van der Waals surface area contributed by atoms with Gasteiger partial charge in [0.05, 0.1) is 16.9 Å². The predicted octanol–water partition coefficient (Wildman–Crippen LogP) is 4.70. The molecule has 0 atom stereocenters. The van der Waals surface area contributed by atoms with Gasteiger partial charge < -0.3 is 5.73 Å². The molecule has 9 heteroatoms. The number of carbonyl (C=O) groups excluding carboxylic acids is 1. The van der Waals surface area contributed by atoms with Gasteiger partial charge in [0.25, 0.3) is 0 Å². The van der Waals surface area contributed by atoms with Gasteiger partial charge in [-0.05, 0) is 43.4 Å². The number of hydrazine groups is 1. The van der Waals surface area contributed by atoms with Gasteiger partial charge in [0.2, 0.25) is 0 Å². The molecule has 0 spiro atoms. The molecule has 3 aromatic heterocycles. The average Bonchev–Trinajstić information content (AvgIpc) is 2.96. The molecule has 0 aromatic carbocycles. The fraction of sp³-hybridized carbons (Fsp3) is 0.429. The van der Waals surface area contributed by atoms with E-state index in [1.165, 1.54) is 5.01 Å². The van der Waals surface area contributed by atoms with E-state index < -0.39 is 6.03 Å². The minimum atomic E-state index is -0.672. The molecule has 3 aromatic rings. The zero-order valence-electron chi connectivity index (χ0n) is 18.0. The lowest BCUT2D eigenvalue weighted by Crippen LogP contribution is -2.40. The van der Waals surface area contributed by atoms with E-state index in [0.29, 0.717) is 16.7 Å². The number of urea groups is 1. The summed E-state index contributed by atoms with van der Waals surface area (Å²) >= 11 is 6.20. The van der Waals surface area contributed by atoms with Gasteiger partial charge in [-0.1, -0.05) is 38.8 Å². The van der Waals surface area contributed by atoms with Crippen molar-refractivity contribution in [1.29, 1.82) is 0 Å². The average molecular weight is 430 g/mol. The standard InChI is InChI=1S/C21H28ClN7O/c1-6-7-8-14-9-15(10-17(22)24-14)29(21(23)30)27-18-11-16(12(2)3)20-19(25-18)13(4)26-28(20)5/h9-12H,6-8H2,1-5H3,(H2,23,30)(H,25,27). The van der Waals surface area contributed by atoms with E-state index in [4.69, 9.17) is 17.3 Å². The normalized spacial score (nSPS) is 11.3. The summed E-state index contributed by atoms with van der Waals surface area (Å²) in [6.07, 6.45) is 2.79. The number of halogens is 1. The summed E-state index contributed by atoms with van der Waals surface area (Å²) in [4.78, 5) is 21.3. The zero-order chi connectivity index (χ0) is 22.0. The number of nitrogens with one attached hydrogen (secondary N) is 1. The van der Waals surface area contributed by atoms with E-state index in [2.05, 4.69) is 41.3 Å². The molecule has 0 saturated carbocycles. The number of carbonyl (C=O) groups is 1. The highest BCUT2D eigenvalue weighted by atomic mass is 35.5. The first-order valence-electron chi connectivity index (χ1n) is 10.1. The second-order valence-electron chi connectivity index (χ2n) is 7.69. The third-order valence-electron chi connectivity index (χ3n) is 4.93. The molecule has 0 saturated heterocycles. The molecule has 0 fully saturated rings. The molecule has 30 heavy (non-hydrogen) atoms. The summed E-state index contributed by atoms with van der Waals surface area (Å²) in [5.74, 6) is 0.744. The molecule has 0 aliphatic rings. The number of pyridine rings is 2. The summed E-state index contributed by atoms with van der Waals surface area (Å²) in [5.41, 5.74) is 13.7. The molecular weight excluding hydrogens is 402 g/mol. The molecule has 0 unspecified atom stereocenters. The van der Waals surface area contributed by atoms with Crippen molar-refractivity contribution in [1.82, 2.24) is 19.7 Å². The number of amides is 2. The monoisotopic (exact) mass is 429 g/mol. The van der Waals surface area contributed by atoms with Gasteiger partial charge in [-0.2, -0.15) is 5.10 Å². The van der Waals surface area contributed by atoms with Crippen LogP contribution in [0.2, 0.25) is 5.15 Å². The van der Waals surface area contributed by atoms with Gasteiger partial charge in [-0.25, -0.2) is 19.8 Å². The van der Waals surface area contributed by atoms with Crippen molar-refractivity contribution < 1.29 is 4.79 Å². The van der Waals surface area contributed by atoms with Crippen molar-refractivity contribution in [2.75, 3.05) is 10.4 Å². The maximum absolute atomic E-state index is 12.3. The van der Waals surface area contributed by atoms with Crippen LogP contribution in [0.25, 0.3) is 11.0 Å². The Balaban J connectivity index is 2.04. The molecule has 3 N–H and O–H groups in total.